The molecular formula is C13H28N4O. The van der Waals surface area contributed by atoms with Gasteiger partial charge in [-0.05, 0) is 44.8 Å². The van der Waals surface area contributed by atoms with E-state index in [0.717, 1.165) is 13.1 Å². The van der Waals surface area contributed by atoms with Gasteiger partial charge in [-0.25, -0.2) is 0 Å². The summed E-state index contributed by atoms with van der Waals surface area (Å²) in [6, 6.07) is 0. The number of aliphatic imine (C=N–C) groups is 1. The molecule has 106 valence electrons. The molecule has 0 spiro atoms. The molecule has 1 fully saturated rings. The summed E-state index contributed by atoms with van der Waals surface area (Å²) in [4.78, 5) is 6.94. The molecule has 0 amide bonds. The van der Waals surface area contributed by atoms with Gasteiger partial charge in [0.1, 0.15) is 0 Å². The molecule has 1 aliphatic heterocycles. The van der Waals surface area contributed by atoms with Crippen LogP contribution in [0.4, 0.5) is 0 Å². The summed E-state index contributed by atoms with van der Waals surface area (Å²) < 4.78 is 4.94. The van der Waals surface area contributed by atoms with Crippen LogP contribution in [0.5, 0.6) is 0 Å². The maximum Gasteiger partial charge on any atom is 0.188 e. The van der Waals surface area contributed by atoms with Gasteiger partial charge in [0.2, 0.25) is 0 Å². The Morgan fingerprint density at radius 2 is 2.17 bits per heavy atom. The summed E-state index contributed by atoms with van der Waals surface area (Å²) in [5, 5.41) is 3.04. The maximum atomic E-state index is 5.78. The second-order valence-electron chi connectivity index (χ2n) is 4.93. The summed E-state index contributed by atoms with van der Waals surface area (Å²) in [5.41, 5.74) is 5.78. The summed E-state index contributed by atoms with van der Waals surface area (Å²) in [7, 11) is 1.68. The van der Waals surface area contributed by atoms with E-state index in [4.69, 9.17) is 10.5 Å². The fraction of sp³-hybridized carbons (Fsp3) is 0.923. The van der Waals surface area contributed by atoms with Crippen molar-refractivity contribution < 1.29 is 4.74 Å². The van der Waals surface area contributed by atoms with Crippen LogP contribution in [-0.4, -0.2) is 57.3 Å². The second-order valence-corrected chi connectivity index (χ2v) is 4.93. The Labute approximate surface area is 111 Å². The minimum absolute atomic E-state index is 0.544. The van der Waals surface area contributed by atoms with Gasteiger partial charge >= 0.3 is 0 Å². The minimum atomic E-state index is 0.544. The van der Waals surface area contributed by atoms with Gasteiger partial charge in [0.05, 0.1) is 6.61 Å². The van der Waals surface area contributed by atoms with Crippen LogP contribution in [0, 0.1) is 5.92 Å². The first-order chi connectivity index (χ1) is 8.76. The smallest absolute Gasteiger partial charge is 0.188 e. The van der Waals surface area contributed by atoms with Crippen LogP contribution >= 0.6 is 0 Å². The highest BCUT2D eigenvalue weighted by molar-refractivity contribution is 5.77. The summed E-state index contributed by atoms with van der Waals surface area (Å²) in [6.07, 6.45) is 3.74. The van der Waals surface area contributed by atoms with Crippen LogP contribution in [0.2, 0.25) is 0 Å². The Morgan fingerprint density at radius 1 is 1.44 bits per heavy atom. The van der Waals surface area contributed by atoms with Crippen molar-refractivity contribution in [3.63, 3.8) is 0 Å². The largest absolute Gasteiger partial charge is 0.383 e. The zero-order chi connectivity index (χ0) is 13.2. The monoisotopic (exact) mass is 256 g/mol. The lowest BCUT2D eigenvalue weighted by atomic mass is 9.97. The van der Waals surface area contributed by atoms with Crippen molar-refractivity contribution in [2.45, 2.75) is 26.2 Å². The molecule has 5 nitrogen and oxygen atoms in total. The van der Waals surface area contributed by atoms with Gasteiger partial charge in [-0.3, -0.25) is 4.99 Å². The Kier molecular flexibility index (Phi) is 7.76. The van der Waals surface area contributed by atoms with Crippen molar-refractivity contribution in [2.24, 2.45) is 16.6 Å². The van der Waals surface area contributed by atoms with Gasteiger partial charge in [-0.1, -0.05) is 6.92 Å². The number of piperidine rings is 1. The number of methoxy groups -OCH3 is 1. The van der Waals surface area contributed by atoms with Gasteiger partial charge < -0.3 is 20.7 Å². The van der Waals surface area contributed by atoms with Crippen LogP contribution in [0.1, 0.15) is 26.2 Å². The first kappa shape index (κ1) is 15.2. The van der Waals surface area contributed by atoms with E-state index in [1.807, 2.05) is 0 Å². The first-order valence-electron chi connectivity index (χ1n) is 7.01. The molecule has 0 aromatic rings. The third kappa shape index (κ3) is 6.21. The molecule has 1 saturated heterocycles. The van der Waals surface area contributed by atoms with Gasteiger partial charge in [-0.2, -0.15) is 0 Å². The molecule has 0 radical (unpaired) electrons. The van der Waals surface area contributed by atoms with E-state index >= 15 is 0 Å². The average molecular weight is 256 g/mol. The van der Waals surface area contributed by atoms with Gasteiger partial charge in [0.25, 0.3) is 0 Å². The average Bonchev–Trinajstić information content (AvgIpc) is 2.39. The molecule has 0 atom stereocenters. The third-order valence-electron chi connectivity index (χ3n) is 3.38. The Bertz CT molecular complexity index is 237. The SMILES string of the molecule is CCCN1CCC(CN=C(N)NCCOC)CC1. The highest BCUT2D eigenvalue weighted by Gasteiger charge is 2.17. The zero-order valence-corrected chi connectivity index (χ0v) is 11.8. The standard InChI is InChI=1S/C13H28N4O/c1-3-7-17-8-4-12(5-9-17)11-16-13(14)15-6-10-18-2/h12H,3-11H2,1-2H3,(H3,14,15,16). The van der Waals surface area contributed by atoms with E-state index in [-0.39, 0.29) is 0 Å². The molecule has 1 rings (SSSR count). The minimum Gasteiger partial charge on any atom is -0.383 e. The van der Waals surface area contributed by atoms with Gasteiger partial charge in [-0.15, -0.1) is 0 Å². The fourth-order valence-electron chi connectivity index (χ4n) is 2.27. The predicted octanol–water partition coefficient (Wildman–Crippen LogP) is 0.659. The van der Waals surface area contributed by atoms with E-state index in [1.54, 1.807) is 7.11 Å². The highest BCUT2D eigenvalue weighted by atomic mass is 16.5. The van der Waals surface area contributed by atoms with E-state index in [1.165, 1.54) is 38.9 Å². The van der Waals surface area contributed by atoms with Crippen molar-refractivity contribution in [3.8, 4) is 0 Å². The third-order valence-corrected chi connectivity index (χ3v) is 3.38. The van der Waals surface area contributed by atoms with E-state index in [2.05, 4.69) is 22.1 Å². The molecule has 5 heteroatoms. The molecule has 1 aliphatic rings. The summed E-state index contributed by atoms with van der Waals surface area (Å²) in [6.45, 7) is 8.13. The van der Waals surface area contributed by atoms with Crippen LogP contribution in [-0.2, 0) is 4.74 Å². The molecule has 0 aliphatic carbocycles. The quantitative estimate of drug-likeness (QED) is 0.399. The number of hydrogen-bond acceptors (Lipinski definition) is 3. The first-order valence-corrected chi connectivity index (χ1v) is 7.01. The predicted molar refractivity (Wildman–Crippen MR) is 75.8 cm³/mol. The molecule has 0 aromatic heterocycles. The van der Waals surface area contributed by atoms with Crippen molar-refractivity contribution in [3.05, 3.63) is 0 Å². The van der Waals surface area contributed by atoms with Crippen LogP contribution in [0.15, 0.2) is 4.99 Å². The number of nitrogens with two attached hydrogens (primary N) is 1. The molecule has 0 unspecified atom stereocenters. The van der Waals surface area contributed by atoms with Crippen LogP contribution in [0.3, 0.4) is 0 Å². The Balaban J connectivity index is 2.14. The number of ether oxygens (including phenoxy) is 1. The number of hydrogen-bond donors (Lipinski definition) is 2. The van der Waals surface area contributed by atoms with E-state index < -0.39 is 0 Å². The molecule has 0 bridgehead atoms. The number of likely N-dealkylation sites (tertiary alicyclic amines) is 1. The molecule has 18 heavy (non-hydrogen) atoms. The number of guanidine groups is 1. The Morgan fingerprint density at radius 3 is 2.78 bits per heavy atom. The van der Waals surface area contributed by atoms with E-state index in [9.17, 15) is 0 Å². The molecule has 1 heterocycles. The van der Waals surface area contributed by atoms with Crippen molar-refractivity contribution in [2.75, 3.05) is 46.4 Å². The van der Waals surface area contributed by atoms with Crippen molar-refractivity contribution in [1.29, 1.82) is 0 Å². The highest BCUT2D eigenvalue weighted by Crippen LogP contribution is 2.17. The lowest BCUT2D eigenvalue weighted by molar-refractivity contribution is 0.188. The fourth-order valence-corrected chi connectivity index (χ4v) is 2.27. The lowest BCUT2D eigenvalue weighted by Gasteiger charge is -2.30. The molecular weight excluding hydrogens is 228 g/mol. The number of nitrogens with one attached hydrogen (secondary N) is 1. The summed E-state index contributed by atoms with van der Waals surface area (Å²) in [5.74, 6) is 1.24. The number of nitrogens with zero attached hydrogens (tertiary/aromatic N) is 2. The molecule has 0 saturated carbocycles. The number of rotatable bonds is 7. The molecule has 3 N–H and O–H groups in total. The molecule has 0 aromatic carbocycles. The maximum absolute atomic E-state index is 5.78. The Hall–Kier alpha value is -0.810. The van der Waals surface area contributed by atoms with Crippen molar-refractivity contribution in [1.82, 2.24) is 10.2 Å². The zero-order valence-electron chi connectivity index (χ0n) is 11.8. The van der Waals surface area contributed by atoms with Gasteiger partial charge in [0.15, 0.2) is 5.96 Å². The summed E-state index contributed by atoms with van der Waals surface area (Å²) >= 11 is 0. The van der Waals surface area contributed by atoms with E-state index in [0.29, 0.717) is 18.5 Å². The van der Waals surface area contributed by atoms with Crippen LogP contribution in [0.25, 0.3) is 0 Å². The second kappa shape index (κ2) is 9.16. The van der Waals surface area contributed by atoms with Gasteiger partial charge in [0, 0.05) is 20.2 Å². The van der Waals surface area contributed by atoms with Crippen molar-refractivity contribution >= 4 is 5.96 Å². The van der Waals surface area contributed by atoms with Crippen LogP contribution < -0.4 is 11.1 Å². The topological polar surface area (TPSA) is 62.9 Å². The lowest BCUT2D eigenvalue weighted by Crippen LogP contribution is -2.37. The normalized spacial score (nSPS) is 19.1.